The van der Waals surface area contributed by atoms with Crippen LogP contribution >= 0.6 is 0 Å². The van der Waals surface area contributed by atoms with Gasteiger partial charge in [0.15, 0.2) is 0 Å². The van der Waals surface area contributed by atoms with Crippen molar-refractivity contribution in [3.8, 4) is 17.7 Å². The van der Waals surface area contributed by atoms with Crippen LogP contribution in [0.3, 0.4) is 0 Å². The highest BCUT2D eigenvalue weighted by molar-refractivity contribution is 5.87. The van der Waals surface area contributed by atoms with Crippen LogP contribution in [0.4, 0.5) is 0 Å². The number of esters is 1. The van der Waals surface area contributed by atoms with Gasteiger partial charge >= 0.3 is 5.97 Å². The maximum Gasteiger partial charge on any atom is 0.306 e. The van der Waals surface area contributed by atoms with Crippen molar-refractivity contribution in [1.82, 2.24) is 14.9 Å². The minimum Gasteiger partial charge on any atom is -0.497 e. The number of aryl methyl sites for hydroxylation is 1. The molecule has 3 aliphatic rings. The van der Waals surface area contributed by atoms with E-state index in [4.69, 9.17) is 24.2 Å². The Morgan fingerprint density at radius 3 is 2.57 bits per heavy atom. The lowest BCUT2D eigenvalue weighted by Gasteiger charge is -2.34. The molecule has 236 valence electrons. The number of aromatic nitrogens is 2. The van der Waals surface area contributed by atoms with Crippen LogP contribution in [0.5, 0.6) is 11.6 Å². The number of carbonyl (C=O) groups excluding carboxylic acids is 3. The summed E-state index contributed by atoms with van der Waals surface area (Å²) in [7, 11) is 1.59. The molecule has 2 aliphatic heterocycles. The van der Waals surface area contributed by atoms with E-state index in [1.807, 2.05) is 32.9 Å². The fraction of sp³-hybridized carbons (Fsp3) is 0.647. The number of hydrogen-bond donors (Lipinski definition) is 0. The van der Waals surface area contributed by atoms with Gasteiger partial charge in [-0.3, -0.25) is 9.59 Å². The average molecular weight is 605 g/mol. The van der Waals surface area contributed by atoms with Crippen molar-refractivity contribution in [1.29, 1.82) is 5.26 Å². The van der Waals surface area contributed by atoms with Crippen LogP contribution in [0.15, 0.2) is 18.2 Å². The van der Waals surface area contributed by atoms with Crippen LogP contribution in [0, 0.1) is 34.5 Å². The van der Waals surface area contributed by atoms with Crippen molar-refractivity contribution < 1.29 is 28.6 Å². The molecule has 1 saturated carbocycles. The standard InChI is InChI=1S/C34H44N4O6/c1-34(2,3)24-18-31(40)43-29-12-8-10-21(29)9-6-5-7-11-26-32(37-27-17-22(42-4)13-14-25(27)36-26)44-30-19-38(33(24)41)28(20-39)23(30)15-16-35/h13-14,17,20-21,23-24,28-30H,5-12,15,18-19H2,1-4H3/t21-,23+,24-,28-,29-,30+/m1/s1. The van der Waals surface area contributed by atoms with Crippen molar-refractivity contribution in [3.63, 3.8) is 0 Å². The first-order valence-corrected chi connectivity index (χ1v) is 16.0. The quantitative estimate of drug-likeness (QED) is 0.342. The van der Waals surface area contributed by atoms with Crippen LogP contribution < -0.4 is 9.47 Å². The SMILES string of the molecule is COc1ccc2nc3c(nc2c1)O[C@H]1CN(C(=O)[C@H](C(C)(C)C)CC(=O)O[C@@H]2CCC[C@H]2CCCCC3)[C@H](C=O)[C@@H]1CC#N. The maximum absolute atomic E-state index is 14.2. The number of nitrogens with zero attached hydrogens (tertiary/aromatic N) is 4. The zero-order valence-corrected chi connectivity index (χ0v) is 26.3. The minimum atomic E-state index is -0.869. The van der Waals surface area contributed by atoms with Crippen molar-refractivity contribution in [2.75, 3.05) is 13.7 Å². The van der Waals surface area contributed by atoms with E-state index < -0.39 is 29.4 Å². The molecule has 10 heteroatoms. The van der Waals surface area contributed by atoms with Gasteiger partial charge in [-0.05, 0) is 62.0 Å². The van der Waals surface area contributed by atoms with E-state index in [0.29, 0.717) is 35.2 Å². The van der Waals surface area contributed by atoms with Crippen LogP contribution in [0.1, 0.15) is 84.3 Å². The molecule has 44 heavy (non-hydrogen) atoms. The third-order valence-electron chi connectivity index (χ3n) is 9.65. The molecular weight excluding hydrogens is 560 g/mol. The van der Waals surface area contributed by atoms with Crippen molar-refractivity contribution in [3.05, 3.63) is 23.9 Å². The number of carbonyl (C=O) groups is 3. The van der Waals surface area contributed by atoms with E-state index in [-0.39, 0.29) is 37.4 Å². The lowest BCUT2D eigenvalue weighted by Crippen LogP contribution is -2.46. The number of methoxy groups -OCH3 is 1. The van der Waals surface area contributed by atoms with Gasteiger partial charge in [-0.15, -0.1) is 0 Å². The third-order valence-corrected chi connectivity index (χ3v) is 9.65. The number of hydrogen-bond acceptors (Lipinski definition) is 9. The largest absolute Gasteiger partial charge is 0.497 e. The fourth-order valence-corrected chi connectivity index (χ4v) is 7.09. The van der Waals surface area contributed by atoms with Crippen LogP contribution in [0.25, 0.3) is 11.0 Å². The first-order valence-electron chi connectivity index (χ1n) is 16.0. The Balaban J connectivity index is 1.54. The number of nitriles is 1. The summed E-state index contributed by atoms with van der Waals surface area (Å²) in [5.74, 6) is -0.630. The summed E-state index contributed by atoms with van der Waals surface area (Å²) in [5.41, 5.74) is 1.48. The lowest BCUT2D eigenvalue weighted by molar-refractivity contribution is -0.157. The summed E-state index contributed by atoms with van der Waals surface area (Å²) in [4.78, 5) is 51.3. The van der Waals surface area contributed by atoms with Crippen LogP contribution in [-0.4, -0.2) is 64.9 Å². The molecule has 0 unspecified atom stereocenters. The average Bonchev–Trinajstić information content (AvgIpc) is 3.57. The second-order valence-corrected chi connectivity index (χ2v) is 13.6. The molecule has 1 amide bonds. The molecule has 10 nitrogen and oxygen atoms in total. The normalized spacial score (nSPS) is 28.6. The van der Waals surface area contributed by atoms with Crippen molar-refractivity contribution >= 4 is 29.2 Å². The van der Waals surface area contributed by atoms with Gasteiger partial charge < -0.3 is 23.9 Å². The molecule has 1 aliphatic carbocycles. The molecule has 6 atom stereocenters. The minimum absolute atomic E-state index is 0.0211. The number of benzene rings is 1. The zero-order valence-electron chi connectivity index (χ0n) is 26.3. The summed E-state index contributed by atoms with van der Waals surface area (Å²) >= 11 is 0. The molecule has 2 fully saturated rings. The predicted molar refractivity (Wildman–Crippen MR) is 163 cm³/mol. The lowest BCUT2D eigenvalue weighted by atomic mass is 9.77. The van der Waals surface area contributed by atoms with E-state index in [1.165, 1.54) is 4.90 Å². The van der Waals surface area contributed by atoms with Gasteiger partial charge in [-0.25, -0.2) is 9.97 Å². The molecule has 2 bridgehead atoms. The fourth-order valence-electron chi connectivity index (χ4n) is 7.09. The first-order chi connectivity index (χ1) is 21.1. The summed E-state index contributed by atoms with van der Waals surface area (Å²) < 4.78 is 18.0. The Labute approximate surface area is 259 Å². The Morgan fingerprint density at radius 2 is 1.84 bits per heavy atom. The van der Waals surface area contributed by atoms with Gasteiger partial charge in [0, 0.05) is 18.4 Å². The maximum atomic E-state index is 14.2. The van der Waals surface area contributed by atoms with Gasteiger partial charge in [0.25, 0.3) is 0 Å². The number of aldehydes is 1. The summed E-state index contributed by atoms with van der Waals surface area (Å²) in [5, 5.41) is 9.71. The molecule has 2 aromatic rings. The predicted octanol–water partition coefficient (Wildman–Crippen LogP) is 5.21. The summed E-state index contributed by atoms with van der Waals surface area (Å²) in [6, 6.07) is 6.83. The van der Waals surface area contributed by atoms with E-state index in [0.717, 1.165) is 56.7 Å². The van der Waals surface area contributed by atoms with E-state index >= 15 is 0 Å². The number of rotatable bonds is 3. The monoisotopic (exact) mass is 604 g/mol. The first kappa shape index (κ1) is 31.7. The Bertz CT molecular complexity index is 1410. The van der Waals surface area contributed by atoms with Gasteiger partial charge in [-0.2, -0.15) is 5.26 Å². The molecule has 0 N–H and O–H groups in total. The highest BCUT2D eigenvalue weighted by atomic mass is 16.5. The Hall–Kier alpha value is -3.74. The zero-order chi connectivity index (χ0) is 31.4. The molecule has 1 saturated heterocycles. The molecule has 0 spiro atoms. The van der Waals surface area contributed by atoms with Gasteiger partial charge in [0.1, 0.15) is 29.9 Å². The van der Waals surface area contributed by atoms with Crippen molar-refractivity contribution in [2.24, 2.45) is 23.2 Å². The van der Waals surface area contributed by atoms with Gasteiger partial charge in [0.2, 0.25) is 11.8 Å². The Kier molecular flexibility index (Phi) is 9.72. The second-order valence-electron chi connectivity index (χ2n) is 13.6. The van der Waals surface area contributed by atoms with Crippen LogP contribution in [0.2, 0.25) is 0 Å². The smallest absolute Gasteiger partial charge is 0.306 e. The van der Waals surface area contributed by atoms with E-state index in [1.54, 1.807) is 13.2 Å². The second kappa shape index (κ2) is 13.5. The molecule has 3 heterocycles. The Morgan fingerprint density at radius 1 is 1.05 bits per heavy atom. The highest BCUT2D eigenvalue weighted by Crippen LogP contribution is 2.38. The van der Waals surface area contributed by atoms with Gasteiger partial charge in [0.05, 0.1) is 49.1 Å². The highest BCUT2D eigenvalue weighted by Gasteiger charge is 2.49. The van der Waals surface area contributed by atoms with E-state index in [9.17, 15) is 19.6 Å². The van der Waals surface area contributed by atoms with Gasteiger partial charge in [-0.1, -0.05) is 33.6 Å². The molecular formula is C34H44N4O6. The topological polar surface area (TPSA) is 132 Å². The van der Waals surface area contributed by atoms with E-state index in [2.05, 4.69) is 6.07 Å². The summed E-state index contributed by atoms with van der Waals surface area (Å²) in [6.45, 7) is 5.86. The van der Waals surface area contributed by atoms with Crippen LogP contribution in [-0.2, 0) is 25.5 Å². The number of fused-ring (bicyclic) bond motifs is 5. The molecule has 1 aromatic heterocycles. The molecule has 1 aromatic carbocycles. The third kappa shape index (κ3) is 6.82. The summed E-state index contributed by atoms with van der Waals surface area (Å²) in [6.07, 6.45) is 7.32. The van der Waals surface area contributed by atoms with Crippen molar-refractivity contribution in [2.45, 2.75) is 103 Å². The molecule has 0 radical (unpaired) electrons. The number of ether oxygens (including phenoxy) is 3. The molecule has 5 rings (SSSR count). The number of amides is 1.